The van der Waals surface area contributed by atoms with Crippen LogP contribution in [0.15, 0.2) is 30.3 Å². The first-order valence-electron chi connectivity index (χ1n) is 8.15. The number of nitrogens with zero attached hydrogens (tertiary/aromatic N) is 2. The fraction of sp³-hybridized carbons (Fsp3) is 0.368. The van der Waals surface area contributed by atoms with Crippen LogP contribution in [0, 0.1) is 0 Å². The van der Waals surface area contributed by atoms with Gasteiger partial charge in [-0.15, -0.1) is 0 Å². The first-order chi connectivity index (χ1) is 11.5. The van der Waals surface area contributed by atoms with Crippen molar-refractivity contribution in [3.63, 3.8) is 0 Å². The van der Waals surface area contributed by atoms with Crippen LogP contribution in [0.3, 0.4) is 0 Å². The van der Waals surface area contributed by atoms with Gasteiger partial charge in [0.05, 0.1) is 7.11 Å². The highest BCUT2D eigenvalue weighted by Gasteiger charge is 2.32. The highest BCUT2D eigenvalue weighted by molar-refractivity contribution is 6.26. The number of benzene rings is 2. The summed E-state index contributed by atoms with van der Waals surface area (Å²) in [6.45, 7) is 1.40. The van der Waals surface area contributed by atoms with Gasteiger partial charge in [-0.25, -0.2) is 0 Å². The average molecular weight is 326 g/mol. The Balaban J connectivity index is 1.94. The molecule has 5 heteroatoms. The average Bonchev–Trinajstić information content (AvgIpc) is 2.58. The van der Waals surface area contributed by atoms with Gasteiger partial charge in [-0.2, -0.15) is 0 Å². The molecule has 0 aromatic heterocycles. The molecule has 1 aliphatic rings. The van der Waals surface area contributed by atoms with Gasteiger partial charge in [0.1, 0.15) is 5.75 Å². The molecule has 1 heterocycles. The lowest BCUT2D eigenvalue weighted by Gasteiger charge is -2.27. The van der Waals surface area contributed by atoms with E-state index >= 15 is 0 Å². The maximum Gasteiger partial charge on any atom is 0.261 e. The van der Waals surface area contributed by atoms with Crippen LogP contribution in [0.1, 0.15) is 33.6 Å². The summed E-state index contributed by atoms with van der Waals surface area (Å²) in [7, 11) is 5.62. The maximum atomic E-state index is 12.8. The summed E-state index contributed by atoms with van der Waals surface area (Å²) in [6.07, 6.45) is 1.75. The number of rotatable bonds is 6. The lowest BCUT2D eigenvalue weighted by molar-refractivity contribution is 0.0607. The van der Waals surface area contributed by atoms with Crippen molar-refractivity contribution in [3.8, 4) is 5.75 Å². The largest absolute Gasteiger partial charge is 0.496 e. The molecule has 3 rings (SSSR count). The zero-order valence-corrected chi connectivity index (χ0v) is 14.3. The number of hydrogen-bond acceptors (Lipinski definition) is 4. The van der Waals surface area contributed by atoms with Crippen LogP contribution < -0.4 is 4.74 Å². The van der Waals surface area contributed by atoms with E-state index in [0.29, 0.717) is 28.8 Å². The number of carbonyl (C=O) groups excluding carboxylic acids is 2. The molecule has 0 saturated carbocycles. The van der Waals surface area contributed by atoms with E-state index in [9.17, 15) is 9.59 Å². The summed E-state index contributed by atoms with van der Waals surface area (Å²) in [5.41, 5.74) is 1.15. The molecule has 0 fully saturated rings. The molecule has 1 aliphatic heterocycles. The molecule has 5 nitrogen and oxygen atoms in total. The monoisotopic (exact) mass is 326 g/mol. The minimum Gasteiger partial charge on any atom is -0.496 e. The van der Waals surface area contributed by atoms with E-state index in [4.69, 9.17) is 4.74 Å². The molecule has 0 N–H and O–H groups in total. The highest BCUT2D eigenvalue weighted by atomic mass is 16.5. The number of imide groups is 1. The van der Waals surface area contributed by atoms with Crippen molar-refractivity contribution in [2.75, 3.05) is 34.3 Å². The molecule has 0 unspecified atom stereocenters. The first kappa shape index (κ1) is 16.5. The Bertz CT molecular complexity index is 776. The third kappa shape index (κ3) is 2.76. The molecular weight excluding hydrogens is 304 g/mol. The van der Waals surface area contributed by atoms with Crippen molar-refractivity contribution >= 4 is 22.6 Å². The molecule has 0 bridgehead atoms. The molecule has 126 valence electrons. The molecule has 24 heavy (non-hydrogen) atoms. The Labute approximate surface area is 141 Å². The van der Waals surface area contributed by atoms with Gasteiger partial charge >= 0.3 is 0 Å². The Kier molecular flexibility index (Phi) is 4.53. The molecule has 2 amide bonds. The van der Waals surface area contributed by atoms with Crippen molar-refractivity contribution in [2.24, 2.45) is 0 Å². The smallest absolute Gasteiger partial charge is 0.261 e. The van der Waals surface area contributed by atoms with Gasteiger partial charge in [0.2, 0.25) is 0 Å². The Morgan fingerprint density at radius 3 is 2.38 bits per heavy atom. The van der Waals surface area contributed by atoms with E-state index in [1.165, 1.54) is 4.90 Å². The Hall–Kier alpha value is -2.40. The van der Waals surface area contributed by atoms with Crippen LogP contribution in [0.25, 0.3) is 10.8 Å². The van der Waals surface area contributed by atoms with Crippen LogP contribution in [0.4, 0.5) is 0 Å². The number of carbonyl (C=O) groups is 2. The van der Waals surface area contributed by atoms with Crippen LogP contribution >= 0.6 is 0 Å². The molecule has 2 aromatic carbocycles. The molecule has 0 saturated heterocycles. The molecule has 0 atom stereocenters. The summed E-state index contributed by atoms with van der Waals surface area (Å²) in [5.74, 6) is 0.253. The van der Waals surface area contributed by atoms with E-state index in [2.05, 4.69) is 4.90 Å². The zero-order chi connectivity index (χ0) is 17.3. The standard InChI is InChI=1S/C19H22N2O3/c1-20(2)11-4-5-12-21-18(22)14-8-6-7-13-16(24-3)10-9-15(17(13)14)19(21)23/h6-10H,4-5,11-12H2,1-3H3. The minimum atomic E-state index is -0.212. The van der Waals surface area contributed by atoms with Crippen molar-refractivity contribution in [2.45, 2.75) is 12.8 Å². The van der Waals surface area contributed by atoms with Crippen molar-refractivity contribution in [1.82, 2.24) is 9.80 Å². The van der Waals surface area contributed by atoms with E-state index in [1.54, 1.807) is 25.3 Å². The normalized spacial score (nSPS) is 13.9. The lowest BCUT2D eigenvalue weighted by Crippen LogP contribution is -2.41. The minimum absolute atomic E-state index is 0.212. The van der Waals surface area contributed by atoms with Crippen LogP contribution in [0.5, 0.6) is 5.75 Å². The topological polar surface area (TPSA) is 49.9 Å². The number of ether oxygens (including phenoxy) is 1. The van der Waals surface area contributed by atoms with Gasteiger partial charge in [-0.3, -0.25) is 14.5 Å². The summed E-state index contributed by atoms with van der Waals surface area (Å²) in [6, 6.07) is 9.05. The Morgan fingerprint density at radius 2 is 1.71 bits per heavy atom. The van der Waals surface area contributed by atoms with Crippen LogP contribution in [-0.4, -0.2) is 55.9 Å². The van der Waals surface area contributed by atoms with Crippen LogP contribution in [0.2, 0.25) is 0 Å². The molecule has 0 radical (unpaired) electrons. The van der Waals surface area contributed by atoms with E-state index < -0.39 is 0 Å². The number of hydrogen-bond donors (Lipinski definition) is 0. The van der Waals surface area contributed by atoms with Gasteiger partial charge < -0.3 is 9.64 Å². The number of amides is 2. The third-order valence-corrected chi connectivity index (χ3v) is 4.41. The molecule has 2 aromatic rings. The highest BCUT2D eigenvalue weighted by Crippen LogP contribution is 2.35. The first-order valence-corrected chi connectivity index (χ1v) is 8.15. The van der Waals surface area contributed by atoms with Gasteiger partial charge in [0, 0.05) is 28.4 Å². The van der Waals surface area contributed by atoms with E-state index in [0.717, 1.165) is 24.8 Å². The van der Waals surface area contributed by atoms with E-state index in [-0.39, 0.29) is 11.8 Å². The third-order valence-electron chi connectivity index (χ3n) is 4.41. The van der Waals surface area contributed by atoms with Gasteiger partial charge in [0.25, 0.3) is 11.8 Å². The molecule has 0 spiro atoms. The lowest BCUT2D eigenvalue weighted by atomic mass is 9.93. The summed E-state index contributed by atoms with van der Waals surface area (Å²) in [5, 5.41) is 1.51. The van der Waals surface area contributed by atoms with Crippen LogP contribution in [-0.2, 0) is 0 Å². The fourth-order valence-electron chi connectivity index (χ4n) is 3.20. The number of unbranched alkanes of at least 4 members (excludes halogenated alkanes) is 1. The van der Waals surface area contributed by atoms with E-state index in [1.807, 2.05) is 26.2 Å². The molecular formula is C19H22N2O3. The van der Waals surface area contributed by atoms with Gasteiger partial charge in [0.15, 0.2) is 0 Å². The van der Waals surface area contributed by atoms with Crippen molar-refractivity contribution in [3.05, 3.63) is 41.5 Å². The zero-order valence-electron chi connectivity index (χ0n) is 14.3. The fourth-order valence-corrected chi connectivity index (χ4v) is 3.20. The second kappa shape index (κ2) is 6.61. The molecule has 0 aliphatic carbocycles. The quantitative estimate of drug-likeness (QED) is 0.605. The number of methoxy groups -OCH3 is 1. The van der Waals surface area contributed by atoms with Gasteiger partial charge in [-0.1, -0.05) is 12.1 Å². The van der Waals surface area contributed by atoms with Crippen molar-refractivity contribution in [1.29, 1.82) is 0 Å². The summed E-state index contributed by atoms with van der Waals surface area (Å²) >= 11 is 0. The predicted molar refractivity (Wildman–Crippen MR) is 93.7 cm³/mol. The van der Waals surface area contributed by atoms with Crippen molar-refractivity contribution < 1.29 is 14.3 Å². The summed E-state index contributed by atoms with van der Waals surface area (Å²) in [4.78, 5) is 29.1. The second-order valence-electron chi connectivity index (χ2n) is 6.32. The Morgan fingerprint density at radius 1 is 1.00 bits per heavy atom. The SMILES string of the molecule is COc1ccc2c3c(cccc13)C(=O)N(CCCCN(C)C)C2=O. The predicted octanol–water partition coefficient (Wildman–Crippen LogP) is 2.79. The maximum absolute atomic E-state index is 12.8. The van der Waals surface area contributed by atoms with Gasteiger partial charge in [-0.05, 0) is 51.7 Å². The second-order valence-corrected chi connectivity index (χ2v) is 6.32. The summed E-state index contributed by atoms with van der Waals surface area (Å²) < 4.78 is 5.36.